The van der Waals surface area contributed by atoms with Crippen LogP contribution in [0.5, 0.6) is 0 Å². The average Bonchev–Trinajstić information content (AvgIpc) is 2.92. The molecule has 0 spiro atoms. The van der Waals surface area contributed by atoms with Crippen molar-refractivity contribution in [3.05, 3.63) is 0 Å². The largest absolute Gasteiger partial charge is 0.0913 e. The first-order valence-corrected chi connectivity index (χ1v) is 20.4. The topological polar surface area (TPSA) is 0 Å². The van der Waals surface area contributed by atoms with Gasteiger partial charge in [0.15, 0.2) is 0 Å². The zero-order valence-corrected chi connectivity index (χ0v) is 25.0. The molecule has 0 saturated heterocycles. The Morgan fingerprint density at radius 2 is 0.771 bits per heavy atom. The Hall–Kier alpha value is 0.730. The van der Waals surface area contributed by atoms with Gasteiger partial charge in [0.2, 0.25) is 0 Å². The SMILES string of the molecule is C1CCCC2C(CC1)C(P(C1CCCCC1)C1CCCCC1)=P2(C1CCCCC1)C1CCCCC1. The second kappa shape index (κ2) is 12.3. The van der Waals surface area contributed by atoms with Gasteiger partial charge in [-0.2, -0.15) is 0 Å². The molecule has 5 fully saturated rings. The Bertz CT molecular complexity index is 675. The van der Waals surface area contributed by atoms with Gasteiger partial charge >= 0.3 is 0 Å². The van der Waals surface area contributed by atoms with Crippen molar-refractivity contribution in [3.8, 4) is 0 Å². The van der Waals surface area contributed by atoms with Crippen LogP contribution in [0.1, 0.15) is 167 Å². The van der Waals surface area contributed by atoms with Gasteiger partial charge in [0.05, 0.1) is 0 Å². The quantitative estimate of drug-likeness (QED) is 0.319. The van der Waals surface area contributed by atoms with Crippen molar-refractivity contribution in [1.29, 1.82) is 0 Å². The van der Waals surface area contributed by atoms with E-state index in [4.69, 9.17) is 0 Å². The molecule has 0 amide bonds. The predicted octanol–water partition coefficient (Wildman–Crippen LogP) is 11.3. The molecule has 200 valence electrons. The van der Waals surface area contributed by atoms with Crippen molar-refractivity contribution in [2.24, 2.45) is 5.92 Å². The van der Waals surface area contributed by atoms with E-state index in [1.54, 1.807) is 167 Å². The van der Waals surface area contributed by atoms with E-state index in [0.717, 1.165) is 17.2 Å². The van der Waals surface area contributed by atoms with E-state index in [1.807, 2.05) is 0 Å². The molecule has 0 N–H and O–H groups in total. The van der Waals surface area contributed by atoms with Crippen LogP contribution in [0.25, 0.3) is 0 Å². The molecule has 0 nitrogen and oxygen atoms in total. The number of hydrogen-bond donors (Lipinski definition) is 0. The molecule has 5 aliphatic carbocycles. The van der Waals surface area contributed by atoms with Crippen molar-refractivity contribution in [2.75, 3.05) is 0 Å². The summed E-state index contributed by atoms with van der Waals surface area (Å²) < 4.78 is 0. The summed E-state index contributed by atoms with van der Waals surface area (Å²) in [7, 11) is 0.193. The molecule has 2 unspecified atom stereocenters. The summed E-state index contributed by atoms with van der Waals surface area (Å²) in [6.45, 7) is -0.953. The zero-order chi connectivity index (χ0) is 23.5. The monoisotopic (exact) mass is 516 g/mol. The minimum atomic E-state index is -0.953. The molecule has 0 aromatic rings. The molecule has 0 radical (unpaired) electrons. The van der Waals surface area contributed by atoms with Gasteiger partial charge < -0.3 is 0 Å². The van der Waals surface area contributed by atoms with Crippen molar-refractivity contribution < 1.29 is 0 Å². The van der Waals surface area contributed by atoms with Gasteiger partial charge in [-0.15, -0.1) is 0 Å². The summed E-state index contributed by atoms with van der Waals surface area (Å²) in [5.41, 5.74) is 5.95. The highest BCUT2D eigenvalue weighted by Gasteiger charge is 2.58. The second-order valence-corrected chi connectivity index (χ2v) is 21.3. The highest BCUT2D eigenvalue weighted by Crippen LogP contribution is 2.83. The Balaban J connectivity index is 1.51. The number of fused-ring (bicyclic) bond motifs is 1. The van der Waals surface area contributed by atoms with Crippen LogP contribution in [0.15, 0.2) is 0 Å². The molecular formula is C33H58P2. The van der Waals surface area contributed by atoms with Crippen molar-refractivity contribution in [3.63, 3.8) is 0 Å². The van der Waals surface area contributed by atoms with E-state index in [1.165, 1.54) is 17.0 Å². The Morgan fingerprint density at radius 1 is 0.400 bits per heavy atom. The molecule has 0 bridgehead atoms. The molecule has 1 aliphatic heterocycles. The summed E-state index contributed by atoms with van der Waals surface area (Å²) in [5.74, 6) is 1.13. The van der Waals surface area contributed by atoms with Crippen LogP contribution >= 0.6 is 14.8 Å². The third kappa shape index (κ3) is 5.06. The first-order valence-electron chi connectivity index (χ1n) is 16.9. The Kier molecular flexibility index (Phi) is 9.11. The zero-order valence-electron chi connectivity index (χ0n) is 23.2. The van der Waals surface area contributed by atoms with Crippen LogP contribution in [0, 0.1) is 5.92 Å². The van der Waals surface area contributed by atoms with Crippen LogP contribution in [-0.4, -0.2) is 33.3 Å². The summed E-state index contributed by atoms with van der Waals surface area (Å²) in [5, 5.41) is 2.51. The van der Waals surface area contributed by atoms with E-state index in [-0.39, 0.29) is 7.92 Å². The fourth-order valence-corrected chi connectivity index (χ4v) is 26.0. The van der Waals surface area contributed by atoms with E-state index in [2.05, 4.69) is 5.03 Å². The first-order chi connectivity index (χ1) is 17.4. The van der Waals surface area contributed by atoms with Crippen LogP contribution in [0.3, 0.4) is 0 Å². The van der Waals surface area contributed by atoms with Crippen LogP contribution in [-0.2, 0) is 0 Å². The van der Waals surface area contributed by atoms with E-state index in [9.17, 15) is 0 Å². The van der Waals surface area contributed by atoms with Gasteiger partial charge in [-0.1, -0.05) is 118 Å². The smallest absolute Gasteiger partial charge is 0.00882 e. The summed E-state index contributed by atoms with van der Waals surface area (Å²) in [4.78, 5) is 0. The molecule has 6 aliphatic rings. The van der Waals surface area contributed by atoms with Gasteiger partial charge in [0.25, 0.3) is 0 Å². The van der Waals surface area contributed by atoms with Crippen LogP contribution < -0.4 is 0 Å². The summed E-state index contributed by atoms with van der Waals surface area (Å²) in [6.07, 6.45) is 41.7. The standard InChI is InChI=1S/C33H58P2/c1-2-16-26-32-31(25-15-1)33(34(27-17-7-3-8-18-27)28-19-9-4-10-20-28)35(32,29-21-11-5-12-22-29)30-23-13-6-14-24-30/h27-32H,1-26H2. The van der Waals surface area contributed by atoms with Crippen LogP contribution in [0.2, 0.25) is 0 Å². The summed E-state index contributed by atoms with van der Waals surface area (Å²) in [6, 6.07) is 0. The lowest BCUT2D eigenvalue weighted by molar-refractivity contribution is 0.424. The molecule has 0 aromatic heterocycles. The lowest BCUT2D eigenvalue weighted by Crippen LogP contribution is -2.50. The van der Waals surface area contributed by atoms with Crippen molar-refractivity contribution in [2.45, 2.75) is 195 Å². The summed E-state index contributed by atoms with van der Waals surface area (Å²) >= 11 is 0. The lowest BCUT2D eigenvalue weighted by atomic mass is 9.91. The van der Waals surface area contributed by atoms with Gasteiger partial charge in [0, 0.05) is 0 Å². The highest BCUT2D eigenvalue weighted by atomic mass is 31.2. The molecule has 35 heavy (non-hydrogen) atoms. The molecular weight excluding hydrogens is 458 g/mol. The average molecular weight is 517 g/mol. The van der Waals surface area contributed by atoms with Crippen molar-refractivity contribution >= 4 is 19.8 Å². The third-order valence-corrected chi connectivity index (χ3v) is 23.6. The molecule has 5 saturated carbocycles. The predicted molar refractivity (Wildman–Crippen MR) is 161 cm³/mol. The van der Waals surface area contributed by atoms with Gasteiger partial charge in [-0.05, 0) is 103 Å². The second-order valence-electron chi connectivity index (χ2n) is 13.9. The highest BCUT2D eigenvalue weighted by molar-refractivity contribution is 7.99. The fourth-order valence-electron chi connectivity index (χ4n) is 10.7. The fraction of sp³-hybridized carbons (Fsp3) is 0.970. The molecule has 2 atom stereocenters. The first kappa shape index (κ1) is 26.0. The molecule has 0 aromatic carbocycles. The maximum atomic E-state index is 2.51. The molecule has 1 heterocycles. The molecule has 6 rings (SSSR count). The van der Waals surface area contributed by atoms with Gasteiger partial charge in [-0.25, -0.2) is 0 Å². The number of rotatable bonds is 5. The minimum Gasteiger partial charge on any atom is -0.0913 e. The minimum absolute atomic E-state index is 0.193. The lowest BCUT2D eigenvalue weighted by Gasteiger charge is -2.64. The van der Waals surface area contributed by atoms with E-state index < -0.39 is 6.89 Å². The van der Waals surface area contributed by atoms with Gasteiger partial charge in [-0.3, -0.25) is 0 Å². The number of hydrogen-bond acceptors (Lipinski definition) is 0. The Labute approximate surface area is 220 Å². The maximum Gasteiger partial charge on any atom is -0.00882 e. The normalized spacial score (nSPS) is 34.7. The van der Waals surface area contributed by atoms with Gasteiger partial charge in [0.1, 0.15) is 0 Å². The van der Waals surface area contributed by atoms with Crippen molar-refractivity contribution in [1.82, 2.24) is 0 Å². The molecule has 2 heteroatoms. The van der Waals surface area contributed by atoms with E-state index in [0.29, 0.717) is 0 Å². The maximum absolute atomic E-state index is 2.51. The third-order valence-electron chi connectivity index (χ3n) is 12.1. The van der Waals surface area contributed by atoms with E-state index >= 15 is 0 Å². The Morgan fingerprint density at radius 3 is 1.26 bits per heavy atom. The van der Waals surface area contributed by atoms with Crippen LogP contribution in [0.4, 0.5) is 0 Å².